The minimum absolute atomic E-state index is 0.111. The van der Waals surface area contributed by atoms with E-state index in [0.717, 1.165) is 27.4 Å². The van der Waals surface area contributed by atoms with Gasteiger partial charge in [0.1, 0.15) is 0 Å². The van der Waals surface area contributed by atoms with Gasteiger partial charge < -0.3 is 0 Å². The van der Waals surface area contributed by atoms with Crippen molar-refractivity contribution < 1.29 is 4.79 Å². The molecular formula is C17H20AsN6O. The second kappa shape index (κ2) is 8.03. The van der Waals surface area contributed by atoms with E-state index in [1.165, 1.54) is 4.35 Å². The first-order chi connectivity index (χ1) is 12.2. The summed E-state index contributed by atoms with van der Waals surface area (Å²) in [4.78, 5) is 15.9. The number of nitrogen functional groups attached to an aromatic ring is 1. The summed E-state index contributed by atoms with van der Waals surface area (Å²) in [5.41, 5.74) is 8.85. The molecule has 0 aliphatic carbocycles. The Balaban J connectivity index is 1.75. The Morgan fingerprint density at radius 3 is 2.92 bits per heavy atom. The number of carbonyl (C=O) groups is 1. The standard InChI is InChI=1S/C17H20AsN6O/c1-2-20-17(25)21-8-6-18-13-10-16(19)23-15-9-11(3-4-12(13)15)14-5-7-22-24-14/h3-5,7,9-10H,2,6,8H2,1H3,(H2,19,23)(H,22,24)(H2,20,21,25). The van der Waals surface area contributed by atoms with Gasteiger partial charge in [-0.3, -0.25) is 0 Å². The van der Waals surface area contributed by atoms with Crippen molar-refractivity contribution in [3.05, 3.63) is 36.5 Å². The molecule has 2 heterocycles. The number of aromatic amines is 1. The number of urea groups is 1. The number of H-pyrrole nitrogens is 1. The van der Waals surface area contributed by atoms with Crippen molar-refractivity contribution in [2.45, 2.75) is 12.1 Å². The second-order valence-corrected chi connectivity index (χ2v) is 8.05. The Hall–Kier alpha value is -2.53. The third kappa shape index (κ3) is 4.31. The van der Waals surface area contributed by atoms with Gasteiger partial charge in [-0.1, -0.05) is 0 Å². The van der Waals surface area contributed by atoms with Crippen molar-refractivity contribution in [1.29, 1.82) is 0 Å². The van der Waals surface area contributed by atoms with Crippen LogP contribution in [0, 0.1) is 0 Å². The average Bonchev–Trinajstić information content (AvgIpc) is 3.12. The fraction of sp³-hybridized carbons (Fsp3) is 0.235. The van der Waals surface area contributed by atoms with Crippen molar-refractivity contribution in [2.75, 3.05) is 18.8 Å². The van der Waals surface area contributed by atoms with Gasteiger partial charge in [0.2, 0.25) is 0 Å². The number of benzene rings is 1. The van der Waals surface area contributed by atoms with Gasteiger partial charge in [-0.15, -0.1) is 0 Å². The normalized spacial score (nSPS) is 11.2. The summed E-state index contributed by atoms with van der Waals surface area (Å²) in [6, 6.07) is 9.92. The Morgan fingerprint density at radius 2 is 2.16 bits per heavy atom. The van der Waals surface area contributed by atoms with Crippen molar-refractivity contribution in [3.8, 4) is 11.3 Å². The number of rotatable bonds is 6. The second-order valence-electron chi connectivity index (χ2n) is 5.44. The molecule has 7 nitrogen and oxygen atoms in total. The molecular weight excluding hydrogens is 379 g/mol. The maximum absolute atomic E-state index is 11.4. The number of pyridine rings is 1. The molecule has 0 spiro atoms. The molecule has 2 aromatic heterocycles. The first-order valence-corrected chi connectivity index (χ1v) is 10.3. The van der Waals surface area contributed by atoms with E-state index in [2.05, 4.69) is 37.9 Å². The number of nitrogens with zero attached hydrogens (tertiary/aromatic N) is 2. The summed E-state index contributed by atoms with van der Waals surface area (Å²) >= 11 is -0.111. The van der Waals surface area contributed by atoms with Gasteiger partial charge in [-0.2, -0.15) is 0 Å². The number of fused-ring (bicyclic) bond motifs is 1. The van der Waals surface area contributed by atoms with Crippen LogP contribution in [0.1, 0.15) is 6.92 Å². The number of aromatic nitrogens is 3. The van der Waals surface area contributed by atoms with E-state index >= 15 is 0 Å². The molecule has 3 rings (SSSR count). The topological polar surface area (TPSA) is 109 Å². The van der Waals surface area contributed by atoms with Gasteiger partial charge in [0.15, 0.2) is 0 Å². The average molecular weight is 399 g/mol. The van der Waals surface area contributed by atoms with Crippen molar-refractivity contribution in [2.24, 2.45) is 0 Å². The molecule has 1 aromatic carbocycles. The fourth-order valence-corrected chi connectivity index (χ4v) is 4.71. The number of nitrogens with one attached hydrogen (secondary N) is 3. The zero-order valence-corrected chi connectivity index (χ0v) is 15.8. The number of anilines is 1. The summed E-state index contributed by atoms with van der Waals surface area (Å²) in [6.45, 7) is 3.18. The molecule has 0 aliphatic heterocycles. The summed E-state index contributed by atoms with van der Waals surface area (Å²) in [7, 11) is 0. The molecule has 0 saturated heterocycles. The van der Waals surface area contributed by atoms with Gasteiger partial charge in [-0.25, -0.2) is 0 Å². The molecule has 5 N–H and O–H groups in total. The predicted molar refractivity (Wildman–Crippen MR) is 101 cm³/mol. The van der Waals surface area contributed by atoms with Gasteiger partial charge >= 0.3 is 152 Å². The van der Waals surface area contributed by atoms with E-state index in [0.29, 0.717) is 18.9 Å². The van der Waals surface area contributed by atoms with E-state index < -0.39 is 0 Å². The maximum atomic E-state index is 11.4. The number of amides is 2. The third-order valence-corrected chi connectivity index (χ3v) is 6.07. The van der Waals surface area contributed by atoms with Crippen LogP contribution >= 0.6 is 0 Å². The zero-order valence-electron chi connectivity index (χ0n) is 13.9. The molecule has 0 bridgehead atoms. The first kappa shape index (κ1) is 17.3. The van der Waals surface area contributed by atoms with Crippen molar-refractivity contribution in [1.82, 2.24) is 25.8 Å². The summed E-state index contributed by atoms with van der Waals surface area (Å²) in [5, 5.41) is 14.6. The van der Waals surface area contributed by atoms with Crippen LogP contribution in [0.3, 0.4) is 0 Å². The molecule has 25 heavy (non-hydrogen) atoms. The van der Waals surface area contributed by atoms with Gasteiger partial charge in [0.05, 0.1) is 0 Å². The van der Waals surface area contributed by atoms with E-state index in [1.54, 1.807) is 6.20 Å². The first-order valence-electron chi connectivity index (χ1n) is 8.06. The van der Waals surface area contributed by atoms with Crippen LogP contribution < -0.4 is 20.7 Å². The fourth-order valence-electron chi connectivity index (χ4n) is 2.51. The molecule has 3 aromatic rings. The van der Waals surface area contributed by atoms with Crippen molar-refractivity contribution >= 4 is 42.9 Å². The molecule has 0 unspecified atom stereocenters. The zero-order chi connectivity index (χ0) is 17.6. The monoisotopic (exact) mass is 399 g/mol. The predicted octanol–water partition coefficient (Wildman–Crippen LogP) is 1.27. The number of hydrogen-bond donors (Lipinski definition) is 4. The van der Waals surface area contributed by atoms with Crippen molar-refractivity contribution in [3.63, 3.8) is 0 Å². The van der Waals surface area contributed by atoms with Crippen LogP contribution in [0.25, 0.3) is 22.2 Å². The van der Waals surface area contributed by atoms with E-state index in [-0.39, 0.29) is 21.8 Å². The van der Waals surface area contributed by atoms with Gasteiger partial charge in [0, 0.05) is 0 Å². The Labute approximate surface area is 152 Å². The summed E-state index contributed by atoms with van der Waals surface area (Å²) < 4.78 is 1.23. The molecule has 2 amide bonds. The van der Waals surface area contributed by atoms with E-state index in [1.807, 2.05) is 25.1 Å². The SMILES string of the molecule is CCNC(=O)NCC[As]c1cc(N)nc2cc(-c3ccn[nH]3)ccc12. The Bertz CT molecular complexity index is 865. The van der Waals surface area contributed by atoms with Crippen LogP contribution in [0.15, 0.2) is 36.5 Å². The van der Waals surface area contributed by atoms with Gasteiger partial charge in [0.25, 0.3) is 0 Å². The summed E-state index contributed by atoms with van der Waals surface area (Å²) in [5.74, 6) is 0.524. The Kier molecular flexibility index (Phi) is 5.56. The number of nitrogens with two attached hydrogens (primary N) is 1. The minimum atomic E-state index is -0.119. The molecule has 0 fully saturated rings. The van der Waals surface area contributed by atoms with Crippen LogP contribution in [-0.2, 0) is 0 Å². The van der Waals surface area contributed by atoms with Crippen LogP contribution in [0.5, 0.6) is 0 Å². The number of hydrogen-bond acceptors (Lipinski definition) is 4. The van der Waals surface area contributed by atoms with Gasteiger partial charge in [-0.05, 0) is 0 Å². The van der Waals surface area contributed by atoms with E-state index in [4.69, 9.17) is 5.73 Å². The molecule has 0 aliphatic rings. The molecule has 8 heteroatoms. The summed E-state index contributed by atoms with van der Waals surface area (Å²) in [6.07, 6.45) is 1.73. The molecule has 129 valence electrons. The third-order valence-electron chi connectivity index (χ3n) is 3.64. The molecule has 1 radical (unpaired) electrons. The van der Waals surface area contributed by atoms with E-state index in [9.17, 15) is 4.79 Å². The molecule has 0 saturated carbocycles. The number of carbonyl (C=O) groups excluding carboxylic acids is 1. The quantitative estimate of drug-likeness (QED) is 0.370. The van der Waals surface area contributed by atoms with Crippen LogP contribution in [0.2, 0.25) is 5.21 Å². The Morgan fingerprint density at radius 1 is 1.28 bits per heavy atom. The van der Waals surface area contributed by atoms with Crippen LogP contribution in [-0.4, -0.2) is 50.1 Å². The molecule has 0 atom stereocenters. The van der Waals surface area contributed by atoms with Crippen LogP contribution in [0.4, 0.5) is 10.6 Å².